The SMILES string of the molecule is CCCCCCCC/C=C\CCCCCCC(I)C(=O)O.[NaH]. The molecule has 0 radical (unpaired) electrons. The van der Waals surface area contributed by atoms with Crippen molar-refractivity contribution >= 4 is 58.1 Å². The van der Waals surface area contributed by atoms with Crippen molar-refractivity contribution in [3.8, 4) is 0 Å². The summed E-state index contributed by atoms with van der Waals surface area (Å²) in [6.45, 7) is 2.26. The summed E-state index contributed by atoms with van der Waals surface area (Å²) in [5.41, 5.74) is 0. The summed E-state index contributed by atoms with van der Waals surface area (Å²) in [6, 6.07) is 0. The first-order valence-corrected chi connectivity index (χ1v) is 9.95. The van der Waals surface area contributed by atoms with Gasteiger partial charge in [-0.1, -0.05) is 93.0 Å². The topological polar surface area (TPSA) is 37.3 Å². The monoisotopic (exact) mass is 432 g/mol. The Morgan fingerprint density at radius 2 is 1.36 bits per heavy atom. The number of allylic oxidation sites excluding steroid dienone is 2. The van der Waals surface area contributed by atoms with Gasteiger partial charge in [-0.15, -0.1) is 0 Å². The first kappa shape index (κ1) is 25.2. The summed E-state index contributed by atoms with van der Waals surface area (Å²) in [6.07, 6.45) is 20.8. The minimum absolute atomic E-state index is 0. The summed E-state index contributed by atoms with van der Waals surface area (Å²) >= 11 is 2.02. The predicted octanol–water partition coefficient (Wildman–Crippen LogP) is 5.87. The van der Waals surface area contributed by atoms with E-state index in [1.165, 1.54) is 64.2 Å². The van der Waals surface area contributed by atoms with Crippen LogP contribution in [0.15, 0.2) is 12.2 Å². The van der Waals surface area contributed by atoms with Gasteiger partial charge in [-0.05, 0) is 32.1 Å². The Hall–Kier alpha value is 0.940. The van der Waals surface area contributed by atoms with Crippen LogP contribution >= 0.6 is 22.6 Å². The number of rotatable bonds is 15. The Balaban J connectivity index is 0. The average molecular weight is 432 g/mol. The van der Waals surface area contributed by atoms with Crippen molar-refractivity contribution in [2.24, 2.45) is 0 Å². The van der Waals surface area contributed by atoms with Gasteiger partial charge < -0.3 is 5.11 Å². The van der Waals surface area contributed by atoms with E-state index in [0.717, 1.165) is 19.3 Å². The van der Waals surface area contributed by atoms with Gasteiger partial charge in [0, 0.05) is 0 Å². The molecule has 0 bridgehead atoms. The maximum atomic E-state index is 10.6. The van der Waals surface area contributed by atoms with E-state index < -0.39 is 5.97 Å². The van der Waals surface area contributed by atoms with Gasteiger partial charge in [0.05, 0.1) is 0 Å². The van der Waals surface area contributed by atoms with Crippen LogP contribution in [-0.2, 0) is 4.79 Å². The Morgan fingerprint density at radius 3 is 1.86 bits per heavy atom. The van der Waals surface area contributed by atoms with Gasteiger partial charge in [0.2, 0.25) is 0 Å². The molecule has 0 aromatic heterocycles. The van der Waals surface area contributed by atoms with Gasteiger partial charge in [-0.3, -0.25) is 4.79 Å². The molecule has 0 heterocycles. The molecule has 1 atom stereocenters. The third-order valence-electron chi connectivity index (χ3n) is 3.74. The van der Waals surface area contributed by atoms with Crippen LogP contribution in [-0.4, -0.2) is 44.6 Å². The number of halogens is 1. The molecule has 4 heteroatoms. The number of aliphatic carboxylic acids is 1. The first-order valence-electron chi connectivity index (χ1n) is 8.70. The van der Waals surface area contributed by atoms with Crippen molar-refractivity contribution in [1.82, 2.24) is 0 Å². The predicted molar refractivity (Wildman–Crippen MR) is 107 cm³/mol. The molecule has 1 unspecified atom stereocenters. The van der Waals surface area contributed by atoms with Gasteiger partial charge in [0.15, 0.2) is 0 Å². The number of carboxylic acids is 1. The van der Waals surface area contributed by atoms with Gasteiger partial charge in [0.1, 0.15) is 3.92 Å². The zero-order valence-electron chi connectivity index (χ0n) is 13.7. The van der Waals surface area contributed by atoms with Gasteiger partial charge in [0.25, 0.3) is 0 Å². The Morgan fingerprint density at radius 1 is 0.909 bits per heavy atom. The molecule has 0 spiro atoms. The van der Waals surface area contributed by atoms with Crippen molar-refractivity contribution < 1.29 is 9.90 Å². The van der Waals surface area contributed by atoms with Crippen molar-refractivity contribution in [3.05, 3.63) is 12.2 Å². The summed E-state index contributed by atoms with van der Waals surface area (Å²) in [7, 11) is 0. The molecule has 0 fully saturated rings. The number of hydrogen-bond donors (Lipinski definition) is 1. The second-order valence-corrected chi connectivity index (χ2v) is 7.33. The molecular formula is C18H34INaO2. The van der Waals surface area contributed by atoms with E-state index in [2.05, 4.69) is 19.1 Å². The van der Waals surface area contributed by atoms with E-state index in [9.17, 15) is 4.79 Å². The quantitative estimate of drug-likeness (QED) is 0.116. The van der Waals surface area contributed by atoms with E-state index in [1.807, 2.05) is 22.6 Å². The summed E-state index contributed by atoms with van der Waals surface area (Å²) in [5, 5.41) is 8.77. The molecule has 0 aromatic rings. The van der Waals surface area contributed by atoms with E-state index in [1.54, 1.807) is 0 Å². The van der Waals surface area contributed by atoms with Crippen LogP contribution < -0.4 is 0 Å². The van der Waals surface area contributed by atoms with Crippen LogP contribution in [0.5, 0.6) is 0 Å². The fourth-order valence-electron chi connectivity index (χ4n) is 2.34. The van der Waals surface area contributed by atoms with E-state index in [0.29, 0.717) is 0 Å². The molecule has 0 aliphatic heterocycles. The van der Waals surface area contributed by atoms with Crippen LogP contribution in [0.1, 0.15) is 90.4 Å². The number of carboxylic acid groups (broad SMARTS) is 1. The zero-order valence-corrected chi connectivity index (χ0v) is 15.8. The van der Waals surface area contributed by atoms with Crippen molar-refractivity contribution in [1.29, 1.82) is 0 Å². The third kappa shape index (κ3) is 19.0. The third-order valence-corrected chi connectivity index (χ3v) is 4.89. The Bertz CT molecular complexity index is 270. The number of unbranched alkanes of at least 4 members (excludes halogenated alkanes) is 10. The fourth-order valence-corrected chi connectivity index (χ4v) is 2.78. The summed E-state index contributed by atoms with van der Waals surface area (Å²) in [4.78, 5) is 10.6. The van der Waals surface area contributed by atoms with Crippen LogP contribution in [0.25, 0.3) is 0 Å². The molecular weight excluding hydrogens is 398 g/mol. The molecule has 0 rings (SSSR count). The van der Waals surface area contributed by atoms with Gasteiger partial charge in [-0.2, -0.15) is 0 Å². The molecule has 0 aromatic carbocycles. The Kier molecular flexibility index (Phi) is 22.9. The standard InChI is InChI=1S/C18H33IO2.Na.H/c1-2-3-4-5-6-7-8-9-10-11-12-13-14-15-16-17(19)18(20)21;;/h9-10,17H,2-8,11-16H2,1H3,(H,20,21);;/b10-9-;;. The minimum atomic E-state index is -0.673. The summed E-state index contributed by atoms with van der Waals surface area (Å²) < 4.78 is -0.208. The molecule has 0 aliphatic rings. The van der Waals surface area contributed by atoms with Crippen molar-refractivity contribution in [2.75, 3.05) is 0 Å². The van der Waals surface area contributed by atoms with Crippen LogP contribution in [0.4, 0.5) is 0 Å². The molecule has 0 amide bonds. The fraction of sp³-hybridized carbons (Fsp3) is 0.833. The molecule has 2 nitrogen and oxygen atoms in total. The van der Waals surface area contributed by atoms with Gasteiger partial charge >= 0.3 is 35.5 Å². The maximum absolute atomic E-state index is 10.6. The molecule has 126 valence electrons. The van der Waals surface area contributed by atoms with Crippen LogP contribution in [0, 0.1) is 0 Å². The van der Waals surface area contributed by atoms with E-state index in [-0.39, 0.29) is 33.5 Å². The second kappa shape index (κ2) is 20.0. The Labute approximate surface area is 173 Å². The molecule has 22 heavy (non-hydrogen) atoms. The van der Waals surface area contributed by atoms with E-state index >= 15 is 0 Å². The molecule has 1 N–H and O–H groups in total. The molecule has 0 saturated heterocycles. The second-order valence-electron chi connectivity index (χ2n) is 5.83. The van der Waals surface area contributed by atoms with Crippen molar-refractivity contribution in [2.45, 2.75) is 94.3 Å². The number of alkyl halides is 1. The van der Waals surface area contributed by atoms with Crippen molar-refractivity contribution in [3.63, 3.8) is 0 Å². The molecule has 0 aliphatic carbocycles. The number of hydrogen-bond acceptors (Lipinski definition) is 1. The first-order chi connectivity index (χ1) is 10.2. The van der Waals surface area contributed by atoms with Gasteiger partial charge in [-0.25, -0.2) is 0 Å². The van der Waals surface area contributed by atoms with Crippen LogP contribution in [0.2, 0.25) is 0 Å². The average Bonchev–Trinajstić information content (AvgIpc) is 2.47. The van der Waals surface area contributed by atoms with E-state index in [4.69, 9.17) is 5.11 Å². The summed E-state index contributed by atoms with van der Waals surface area (Å²) in [5.74, 6) is -0.673. The molecule has 0 saturated carbocycles. The zero-order chi connectivity index (χ0) is 15.8. The van der Waals surface area contributed by atoms with Crippen LogP contribution in [0.3, 0.4) is 0 Å². The number of carbonyl (C=O) groups is 1. The normalized spacial score (nSPS) is 12.3.